The Bertz CT molecular complexity index is 708. The van der Waals surface area contributed by atoms with Crippen LogP contribution in [0.15, 0.2) is 35.1 Å². The number of ether oxygens (including phenoxy) is 1. The molecular weight excluding hydrogens is 338 g/mol. The summed E-state index contributed by atoms with van der Waals surface area (Å²) < 4.78 is 5.99. The lowest BCUT2D eigenvalue weighted by atomic mass is 9.89. The van der Waals surface area contributed by atoms with Gasteiger partial charge in [-0.1, -0.05) is 13.8 Å². The number of hydrazine groups is 1. The van der Waals surface area contributed by atoms with Crippen molar-refractivity contribution in [2.75, 3.05) is 13.2 Å². The van der Waals surface area contributed by atoms with Crippen molar-refractivity contribution in [3.8, 4) is 5.75 Å². The minimum atomic E-state index is 0.378. The maximum atomic E-state index is 11.2. The highest BCUT2D eigenvalue weighted by Gasteiger charge is 2.25. The predicted molar refractivity (Wildman–Crippen MR) is 110 cm³/mol. The molecule has 0 fully saturated rings. The fourth-order valence-electron chi connectivity index (χ4n) is 3.53. The second-order valence-electron chi connectivity index (χ2n) is 6.95. The molecule has 1 aliphatic carbocycles. The Morgan fingerprint density at radius 2 is 2.00 bits per heavy atom. The minimum absolute atomic E-state index is 0.378. The number of pyridine rings is 1. The molecule has 27 heavy (non-hydrogen) atoms. The minimum Gasteiger partial charge on any atom is -0.487 e. The maximum absolute atomic E-state index is 11.2. The first kappa shape index (κ1) is 21.2. The number of aryl methyl sites for hydroxylation is 1. The zero-order valence-corrected chi connectivity index (χ0v) is 17.3. The summed E-state index contributed by atoms with van der Waals surface area (Å²) in [6.07, 6.45) is 7.58. The molecule has 0 saturated heterocycles. The number of hydrogen-bond acceptors (Lipinski definition) is 5. The Morgan fingerprint density at radius 3 is 2.70 bits per heavy atom. The van der Waals surface area contributed by atoms with Gasteiger partial charge in [0.25, 0.3) is 0 Å². The Morgan fingerprint density at radius 1 is 1.26 bits per heavy atom. The summed E-state index contributed by atoms with van der Waals surface area (Å²) in [4.78, 5) is 15.5. The van der Waals surface area contributed by atoms with Crippen LogP contribution in [0.1, 0.15) is 69.6 Å². The summed E-state index contributed by atoms with van der Waals surface area (Å²) in [6.45, 7) is 11.7. The number of hydrogen-bond donors (Lipinski definition) is 1. The zero-order valence-electron chi connectivity index (χ0n) is 17.3. The zero-order chi connectivity index (χ0) is 19.8. The van der Waals surface area contributed by atoms with Crippen molar-refractivity contribution < 1.29 is 9.53 Å². The maximum Gasteiger partial charge on any atom is 0.172 e. The molecule has 0 amide bonds. The van der Waals surface area contributed by atoms with Crippen LogP contribution in [0, 0.1) is 6.92 Å². The van der Waals surface area contributed by atoms with E-state index < -0.39 is 0 Å². The molecule has 1 aromatic heterocycles. The summed E-state index contributed by atoms with van der Waals surface area (Å²) in [6, 6.07) is 4.13. The first-order valence-corrected chi connectivity index (χ1v) is 10.1. The second-order valence-corrected chi connectivity index (χ2v) is 6.95. The quantitative estimate of drug-likeness (QED) is 0.741. The Hall–Kier alpha value is -2.14. The largest absolute Gasteiger partial charge is 0.487 e. The van der Waals surface area contributed by atoms with Crippen molar-refractivity contribution in [3.63, 3.8) is 0 Å². The van der Waals surface area contributed by atoms with Crippen molar-refractivity contribution in [3.05, 3.63) is 46.4 Å². The number of carbonyl (C=O) groups excluding carboxylic acids is 1. The van der Waals surface area contributed by atoms with E-state index in [1.54, 1.807) is 0 Å². The smallest absolute Gasteiger partial charge is 0.172 e. The van der Waals surface area contributed by atoms with Crippen molar-refractivity contribution in [2.24, 2.45) is 0 Å². The Kier molecular flexibility index (Phi) is 8.04. The van der Waals surface area contributed by atoms with E-state index in [9.17, 15) is 4.79 Å². The van der Waals surface area contributed by atoms with Gasteiger partial charge in [-0.2, -0.15) is 0 Å². The molecule has 0 bridgehead atoms. The molecule has 2 heterocycles. The van der Waals surface area contributed by atoms with Crippen molar-refractivity contribution in [1.82, 2.24) is 15.4 Å². The first-order chi connectivity index (χ1) is 13.1. The van der Waals surface area contributed by atoms with Crippen molar-refractivity contribution in [2.45, 2.75) is 66.3 Å². The molecule has 0 aromatic carbocycles. The number of carbonyl (C=O) groups is 1. The van der Waals surface area contributed by atoms with E-state index in [1.165, 1.54) is 29.7 Å². The van der Waals surface area contributed by atoms with Crippen LogP contribution in [0.2, 0.25) is 0 Å². The molecule has 0 atom stereocenters. The lowest BCUT2D eigenvalue weighted by molar-refractivity contribution is 0.111. The van der Waals surface area contributed by atoms with Gasteiger partial charge in [-0.25, -0.2) is 10.4 Å². The average Bonchev–Trinajstić information content (AvgIpc) is 3.18. The highest BCUT2D eigenvalue weighted by atomic mass is 16.5. The monoisotopic (exact) mass is 371 g/mol. The topological polar surface area (TPSA) is 54.5 Å². The van der Waals surface area contributed by atoms with Crippen LogP contribution >= 0.6 is 0 Å². The first-order valence-electron chi connectivity index (χ1n) is 10.1. The molecule has 5 heteroatoms. The molecule has 2 aliphatic rings. The molecule has 0 saturated carbocycles. The Labute approximate surface area is 163 Å². The van der Waals surface area contributed by atoms with Crippen LogP contribution in [0.4, 0.5) is 0 Å². The second kappa shape index (κ2) is 10.3. The fourth-order valence-corrected chi connectivity index (χ4v) is 3.53. The van der Waals surface area contributed by atoms with Gasteiger partial charge in [0.1, 0.15) is 18.1 Å². The van der Waals surface area contributed by atoms with Gasteiger partial charge in [-0.15, -0.1) is 0 Å². The van der Waals surface area contributed by atoms with Crippen LogP contribution < -0.4 is 10.2 Å². The predicted octanol–water partition coefficient (Wildman–Crippen LogP) is 4.59. The van der Waals surface area contributed by atoms with Gasteiger partial charge in [0, 0.05) is 18.3 Å². The summed E-state index contributed by atoms with van der Waals surface area (Å²) in [7, 11) is 0. The van der Waals surface area contributed by atoms with Gasteiger partial charge in [-0.05, 0) is 75.8 Å². The molecule has 0 radical (unpaired) electrons. The lowest BCUT2D eigenvalue weighted by Gasteiger charge is -2.31. The molecular formula is C22H33N3O2. The van der Waals surface area contributed by atoms with E-state index in [2.05, 4.69) is 35.3 Å². The number of rotatable bonds is 6. The van der Waals surface area contributed by atoms with Gasteiger partial charge in [-0.3, -0.25) is 4.79 Å². The molecule has 1 aliphatic heterocycles. The standard InChI is InChI=1S/C20H27N3O2.C2H6/c1-14(2)23-19(10-11-21-23)17-7-5-4-6-16(17)13-25-20-9-8-15(3)22-18(20)12-24;1-2/h8-10,12,14,21H,4-7,11,13H2,1-3H3;1-2H3. The van der Waals surface area contributed by atoms with E-state index >= 15 is 0 Å². The van der Waals surface area contributed by atoms with Crippen LogP contribution in [-0.2, 0) is 0 Å². The van der Waals surface area contributed by atoms with E-state index in [-0.39, 0.29) is 0 Å². The third kappa shape index (κ3) is 5.19. The van der Waals surface area contributed by atoms with E-state index in [1.807, 2.05) is 32.9 Å². The summed E-state index contributed by atoms with van der Waals surface area (Å²) in [5.41, 5.74) is 8.67. The summed E-state index contributed by atoms with van der Waals surface area (Å²) in [5, 5.41) is 2.25. The van der Waals surface area contributed by atoms with E-state index in [4.69, 9.17) is 4.74 Å². The molecule has 0 unspecified atom stereocenters. The highest BCUT2D eigenvalue weighted by Crippen LogP contribution is 2.33. The van der Waals surface area contributed by atoms with E-state index in [0.717, 1.165) is 31.4 Å². The fraction of sp³-hybridized carbons (Fsp3) is 0.545. The number of nitrogens with zero attached hydrogens (tertiary/aromatic N) is 2. The van der Waals surface area contributed by atoms with Gasteiger partial charge < -0.3 is 9.75 Å². The highest BCUT2D eigenvalue weighted by molar-refractivity contribution is 5.76. The normalized spacial score (nSPS) is 16.8. The van der Waals surface area contributed by atoms with Gasteiger partial charge in [0.2, 0.25) is 0 Å². The van der Waals surface area contributed by atoms with Crippen LogP contribution in [0.25, 0.3) is 0 Å². The number of aromatic nitrogens is 1. The van der Waals surface area contributed by atoms with Gasteiger partial charge in [0.05, 0.1) is 5.70 Å². The van der Waals surface area contributed by atoms with Crippen LogP contribution in [0.5, 0.6) is 5.75 Å². The number of aldehydes is 1. The van der Waals surface area contributed by atoms with Crippen LogP contribution in [-0.4, -0.2) is 35.5 Å². The lowest BCUT2D eigenvalue weighted by Crippen LogP contribution is -2.38. The summed E-state index contributed by atoms with van der Waals surface area (Å²) in [5.74, 6) is 0.567. The number of nitrogens with one attached hydrogen (secondary N) is 1. The van der Waals surface area contributed by atoms with Gasteiger partial charge in [0.15, 0.2) is 6.29 Å². The van der Waals surface area contributed by atoms with Crippen LogP contribution in [0.3, 0.4) is 0 Å². The molecule has 1 aromatic rings. The molecule has 1 N–H and O–H groups in total. The SMILES string of the molecule is CC.Cc1ccc(OCC2=C(C3=CCNN3C(C)C)CCCC2)c(C=O)n1. The molecule has 5 nitrogen and oxygen atoms in total. The molecule has 148 valence electrons. The Balaban J connectivity index is 0.00000126. The van der Waals surface area contributed by atoms with Gasteiger partial charge >= 0.3 is 0 Å². The number of allylic oxidation sites excluding steroid dienone is 1. The van der Waals surface area contributed by atoms with Crippen molar-refractivity contribution in [1.29, 1.82) is 0 Å². The third-order valence-electron chi connectivity index (χ3n) is 4.76. The van der Waals surface area contributed by atoms with Crippen molar-refractivity contribution >= 4 is 6.29 Å². The molecule has 3 rings (SSSR count). The average molecular weight is 372 g/mol. The summed E-state index contributed by atoms with van der Waals surface area (Å²) >= 11 is 0. The third-order valence-corrected chi connectivity index (χ3v) is 4.76. The molecule has 0 spiro atoms. The van der Waals surface area contributed by atoms with E-state index in [0.29, 0.717) is 24.1 Å².